The van der Waals surface area contributed by atoms with Gasteiger partial charge in [-0.2, -0.15) is 0 Å². The molecule has 0 fully saturated rings. The Morgan fingerprint density at radius 2 is 1.88 bits per heavy atom. The van der Waals surface area contributed by atoms with Crippen molar-refractivity contribution in [3.8, 4) is 0 Å². The maximum Gasteiger partial charge on any atom is 0.123 e. The zero-order valence-electron chi connectivity index (χ0n) is 5.68. The van der Waals surface area contributed by atoms with Gasteiger partial charge in [0.25, 0.3) is 0 Å². The molecular formula is C6H14AlCl. The topological polar surface area (TPSA) is 0 Å². The van der Waals surface area contributed by atoms with E-state index in [2.05, 4.69) is 30.1 Å². The first-order chi connectivity index (χ1) is 3.31. The highest BCUT2D eigenvalue weighted by atomic mass is 35.5. The molecule has 0 N–H and O–H groups in total. The third kappa shape index (κ3) is 6.82. The Morgan fingerprint density at radius 1 is 1.38 bits per heavy atom. The summed E-state index contributed by atoms with van der Waals surface area (Å²) in [6.07, 6.45) is 3.99. The molecule has 1 unspecified atom stereocenters. The molecule has 0 bridgehead atoms. The van der Waals surface area contributed by atoms with Crippen LogP contribution in [0, 0.1) is 0 Å². The van der Waals surface area contributed by atoms with E-state index in [1.54, 1.807) is 0 Å². The largest absolute Gasteiger partial charge is 0.147 e. The first-order valence-electron chi connectivity index (χ1n) is 3.06. The lowest BCUT2D eigenvalue weighted by molar-refractivity contribution is 0.700. The molecule has 0 aromatic rings. The van der Waals surface area contributed by atoms with Crippen molar-refractivity contribution < 1.29 is 0 Å². The van der Waals surface area contributed by atoms with E-state index in [0.29, 0.717) is 0 Å². The number of hydrogen-bond acceptors (Lipinski definition) is 0. The highest BCUT2D eigenvalue weighted by Crippen LogP contribution is 2.10. The van der Waals surface area contributed by atoms with Crippen LogP contribution in [-0.4, -0.2) is 16.3 Å². The summed E-state index contributed by atoms with van der Waals surface area (Å²) in [6, 6.07) is 0. The summed E-state index contributed by atoms with van der Waals surface area (Å²) in [5, 5.41) is 0. The molecule has 0 aromatic carbocycles. The van der Waals surface area contributed by atoms with Crippen LogP contribution in [0.1, 0.15) is 33.1 Å². The smallest absolute Gasteiger partial charge is 0.123 e. The average Bonchev–Trinajstić information content (AvgIpc) is 1.68. The summed E-state index contributed by atoms with van der Waals surface area (Å²) >= 11 is 2.85. The molecule has 0 heterocycles. The number of halogens is 1. The van der Waals surface area contributed by atoms with Crippen LogP contribution in [0.2, 0.25) is 4.78 Å². The van der Waals surface area contributed by atoms with Gasteiger partial charge in [0.1, 0.15) is 16.3 Å². The van der Waals surface area contributed by atoms with Gasteiger partial charge in [-0.15, -0.1) is 17.2 Å². The Bertz CT molecular complexity index is 39.5. The molecule has 0 nitrogen and oxygen atoms in total. The quantitative estimate of drug-likeness (QED) is 0.540. The lowest BCUT2D eigenvalue weighted by Gasteiger charge is -2.03. The summed E-state index contributed by atoms with van der Waals surface area (Å²) in [5.74, 6) is 0. The molecule has 48 valence electrons. The standard InChI is InChI=1S/C6H13.Al.ClH/c1-3-5-6-4-2;;/h5H,3-4,6H2,1-2H3;;1H. The van der Waals surface area contributed by atoms with Crippen molar-refractivity contribution in [3.05, 3.63) is 0 Å². The van der Waals surface area contributed by atoms with Crippen molar-refractivity contribution in [1.29, 1.82) is 0 Å². The molecule has 2 radical (unpaired) electrons. The van der Waals surface area contributed by atoms with Gasteiger partial charge in [0.05, 0.1) is 0 Å². The fraction of sp³-hybridized carbons (Fsp3) is 1.00. The Kier molecular flexibility index (Phi) is 11.3. The van der Waals surface area contributed by atoms with Gasteiger partial charge in [-0.3, -0.25) is 0 Å². The molecule has 0 amide bonds. The third-order valence-corrected chi connectivity index (χ3v) is 1.99. The maximum absolute atomic E-state index is 2.85. The predicted molar refractivity (Wildman–Crippen MR) is 42.0 cm³/mol. The van der Waals surface area contributed by atoms with Crippen molar-refractivity contribution in [2.24, 2.45) is 0 Å². The van der Waals surface area contributed by atoms with Crippen LogP contribution in [0.4, 0.5) is 0 Å². The minimum atomic E-state index is 0. The van der Waals surface area contributed by atoms with Crippen LogP contribution in [0.3, 0.4) is 0 Å². The van der Waals surface area contributed by atoms with Crippen molar-refractivity contribution in [1.82, 2.24) is 0 Å². The van der Waals surface area contributed by atoms with Gasteiger partial charge in [0.2, 0.25) is 0 Å². The first-order valence-corrected chi connectivity index (χ1v) is 3.73. The molecule has 0 saturated carbocycles. The van der Waals surface area contributed by atoms with E-state index in [-0.39, 0.29) is 12.4 Å². The average molecular weight is 149 g/mol. The highest BCUT2D eigenvalue weighted by Gasteiger charge is 1.91. The summed E-state index contributed by atoms with van der Waals surface area (Å²) in [7, 11) is 0. The van der Waals surface area contributed by atoms with Crippen LogP contribution in [0.5, 0.6) is 0 Å². The molecule has 0 spiro atoms. The van der Waals surface area contributed by atoms with E-state index in [4.69, 9.17) is 0 Å². The van der Waals surface area contributed by atoms with E-state index < -0.39 is 0 Å². The van der Waals surface area contributed by atoms with Gasteiger partial charge in [-0.25, -0.2) is 0 Å². The fourth-order valence-corrected chi connectivity index (χ4v) is 0.908. The molecule has 8 heavy (non-hydrogen) atoms. The summed E-state index contributed by atoms with van der Waals surface area (Å²) in [5.41, 5.74) is 0. The van der Waals surface area contributed by atoms with Crippen LogP contribution < -0.4 is 0 Å². The molecule has 0 aliphatic rings. The van der Waals surface area contributed by atoms with E-state index >= 15 is 0 Å². The minimum absolute atomic E-state index is 0. The molecular weight excluding hydrogens is 135 g/mol. The maximum atomic E-state index is 2.85. The first kappa shape index (κ1) is 11.6. The summed E-state index contributed by atoms with van der Waals surface area (Å²) in [4.78, 5) is 0. The van der Waals surface area contributed by atoms with Crippen LogP contribution >= 0.6 is 12.4 Å². The van der Waals surface area contributed by atoms with Gasteiger partial charge in [-0.1, -0.05) is 33.1 Å². The molecule has 0 aromatic heterocycles. The van der Waals surface area contributed by atoms with Crippen molar-refractivity contribution >= 4 is 28.7 Å². The van der Waals surface area contributed by atoms with E-state index in [1.165, 1.54) is 19.3 Å². The monoisotopic (exact) mass is 148 g/mol. The molecule has 0 saturated heterocycles. The lowest BCUT2D eigenvalue weighted by Crippen LogP contribution is -1.86. The van der Waals surface area contributed by atoms with E-state index in [0.717, 1.165) is 4.78 Å². The van der Waals surface area contributed by atoms with E-state index in [9.17, 15) is 0 Å². The van der Waals surface area contributed by atoms with Crippen LogP contribution in [0.15, 0.2) is 0 Å². The van der Waals surface area contributed by atoms with Crippen LogP contribution in [-0.2, 0) is 0 Å². The van der Waals surface area contributed by atoms with Gasteiger partial charge < -0.3 is 0 Å². The second-order valence-electron chi connectivity index (χ2n) is 1.96. The van der Waals surface area contributed by atoms with Gasteiger partial charge in [0, 0.05) is 0 Å². The summed E-state index contributed by atoms with van der Waals surface area (Å²) < 4.78 is 0.866. The summed E-state index contributed by atoms with van der Waals surface area (Å²) in [6.45, 7) is 4.46. The SMILES string of the molecule is CCC[CH]([Al])CC.Cl. The van der Waals surface area contributed by atoms with E-state index in [1.807, 2.05) is 0 Å². The second kappa shape index (κ2) is 7.82. The third-order valence-electron chi connectivity index (χ3n) is 1.18. The molecule has 0 aliphatic carbocycles. The van der Waals surface area contributed by atoms with Crippen LogP contribution in [0.25, 0.3) is 0 Å². The van der Waals surface area contributed by atoms with Gasteiger partial charge in [0.15, 0.2) is 0 Å². The zero-order chi connectivity index (χ0) is 5.70. The Balaban J connectivity index is 0. The number of rotatable bonds is 3. The molecule has 1 atom stereocenters. The molecule has 2 heteroatoms. The molecule has 0 aliphatic heterocycles. The van der Waals surface area contributed by atoms with Crippen molar-refractivity contribution in [2.75, 3.05) is 0 Å². The molecule has 0 rings (SSSR count). The van der Waals surface area contributed by atoms with Gasteiger partial charge >= 0.3 is 0 Å². The normalized spacial score (nSPS) is 12.2. The highest BCUT2D eigenvalue weighted by molar-refractivity contribution is 6.11. The van der Waals surface area contributed by atoms with Gasteiger partial charge in [-0.05, 0) is 0 Å². The zero-order valence-corrected chi connectivity index (χ0v) is 7.66. The Morgan fingerprint density at radius 3 is 2.00 bits per heavy atom. The Hall–Kier alpha value is 0.822. The minimum Gasteiger partial charge on any atom is -0.147 e. The number of hydrogen-bond donors (Lipinski definition) is 0. The fourth-order valence-electron chi connectivity index (χ4n) is 0.575. The predicted octanol–water partition coefficient (Wildman–Crippen LogP) is 2.58. The second-order valence-corrected chi connectivity index (χ2v) is 2.90. The van der Waals surface area contributed by atoms with Crippen molar-refractivity contribution in [3.63, 3.8) is 0 Å². The lowest BCUT2D eigenvalue weighted by atomic mass is 10.2. The van der Waals surface area contributed by atoms with Crippen molar-refractivity contribution in [2.45, 2.75) is 37.9 Å². The Labute approximate surface area is 66.9 Å².